The molecule has 0 aromatic rings. The molecule has 17 heavy (non-hydrogen) atoms. The molecule has 0 aromatic carbocycles. The molecule has 0 bridgehead atoms. The Hall–Kier alpha value is -1.40. The largest absolute Gasteiger partial charge is 0.460 e. The molecule has 0 radical (unpaired) electrons. The van der Waals surface area contributed by atoms with Crippen LogP contribution in [0.15, 0.2) is 12.2 Å². The van der Waals surface area contributed by atoms with Crippen molar-refractivity contribution in [1.82, 2.24) is 0 Å². The number of esters is 1. The molecular weight excluding hydrogens is 228 g/mol. The fraction of sp³-hybridized carbons (Fsp3) is 0.636. The molecule has 0 rings (SSSR count). The number of rotatable bonds is 8. The third kappa shape index (κ3) is 10.9. The average Bonchev–Trinajstić information content (AvgIpc) is 2.25. The van der Waals surface area contributed by atoms with Gasteiger partial charge in [0.15, 0.2) is 0 Å². The van der Waals surface area contributed by atoms with Crippen LogP contribution in [0.1, 0.15) is 33.6 Å². The van der Waals surface area contributed by atoms with E-state index < -0.39 is 11.9 Å². The van der Waals surface area contributed by atoms with Crippen LogP contribution in [0.2, 0.25) is 0 Å². The van der Waals surface area contributed by atoms with Crippen molar-refractivity contribution in [3.05, 3.63) is 12.2 Å². The smallest absolute Gasteiger partial charge is 0.369 e. The predicted molar refractivity (Wildman–Crippen MR) is 58.4 cm³/mol. The SMILES string of the molecule is CCCCOOOC(=O)C=CC(=O)OC(C)C. The van der Waals surface area contributed by atoms with Crippen LogP contribution in [-0.2, 0) is 29.1 Å². The maximum atomic E-state index is 11.0. The fourth-order valence-electron chi connectivity index (χ4n) is 0.730. The van der Waals surface area contributed by atoms with Crippen LogP contribution in [0.4, 0.5) is 0 Å². The third-order valence-electron chi connectivity index (χ3n) is 1.45. The van der Waals surface area contributed by atoms with E-state index in [9.17, 15) is 9.59 Å². The van der Waals surface area contributed by atoms with Gasteiger partial charge in [0.2, 0.25) is 0 Å². The molecule has 0 aromatic heterocycles. The minimum Gasteiger partial charge on any atom is -0.460 e. The first kappa shape index (κ1) is 15.6. The molecule has 6 heteroatoms. The van der Waals surface area contributed by atoms with Gasteiger partial charge < -0.3 is 4.74 Å². The van der Waals surface area contributed by atoms with Gasteiger partial charge in [-0.25, -0.2) is 9.59 Å². The number of carbonyl (C=O) groups excluding carboxylic acids is 2. The summed E-state index contributed by atoms with van der Waals surface area (Å²) in [6, 6.07) is 0. The van der Waals surface area contributed by atoms with E-state index in [0.717, 1.165) is 25.0 Å². The zero-order chi connectivity index (χ0) is 13.1. The molecule has 0 spiro atoms. The number of carbonyl (C=O) groups is 2. The number of unbranched alkanes of at least 4 members (excludes halogenated alkanes) is 1. The molecule has 0 aliphatic heterocycles. The molecule has 0 aliphatic rings. The zero-order valence-electron chi connectivity index (χ0n) is 10.3. The van der Waals surface area contributed by atoms with Crippen molar-refractivity contribution in [3.8, 4) is 0 Å². The molecule has 98 valence electrons. The molecule has 6 nitrogen and oxygen atoms in total. The van der Waals surface area contributed by atoms with Crippen LogP contribution < -0.4 is 0 Å². The molecule has 0 N–H and O–H groups in total. The highest BCUT2D eigenvalue weighted by Crippen LogP contribution is 1.93. The van der Waals surface area contributed by atoms with Crippen molar-refractivity contribution in [2.75, 3.05) is 6.61 Å². The van der Waals surface area contributed by atoms with Gasteiger partial charge in [0.25, 0.3) is 0 Å². The van der Waals surface area contributed by atoms with E-state index in [0.29, 0.717) is 6.61 Å². The first-order valence-corrected chi connectivity index (χ1v) is 5.45. The second kappa shape index (κ2) is 9.80. The lowest BCUT2D eigenvalue weighted by Crippen LogP contribution is -2.10. The van der Waals surface area contributed by atoms with Crippen molar-refractivity contribution in [2.45, 2.75) is 39.7 Å². The summed E-state index contributed by atoms with van der Waals surface area (Å²) < 4.78 is 4.75. The molecule has 0 atom stereocenters. The van der Waals surface area contributed by atoms with Gasteiger partial charge in [-0.15, -0.1) is 0 Å². The van der Waals surface area contributed by atoms with E-state index in [1.54, 1.807) is 13.8 Å². The summed E-state index contributed by atoms with van der Waals surface area (Å²) in [7, 11) is 0. The molecule has 0 unspecified atom stereocenters. The molecule has 0 fully saturated rings. The molecule has 0 saturated carbocycles. The Morgan fingerprint density at radius 3 is 2.41 bits per heavy atom. The Labute approximate surface area is 100 Å². The third-order valence-corrected chi connectivity index (χ3v) is 1.45. The van der Waals surface area contributed by atoms with Crippen molar-refractivity contribution < 1.29 is 29.1 Å². The van der Waals surface area contributed by atoms with Crippen molar-refractivity contribution in [1.29, 1.82) is 0 Å². The first-order valence-electron chi connectivity index (χ1n) is 5.45. The van der Waals surface area contributed by atoms with E-state index in [-0.39, 0.29) is 6.10 Å². The lowest BCUT2D eigenvalue weighted by Gasteiger charge is -2.03. The first-order chi connectivity index (χ1) is 8.06. The second-order valence-electron chi connectivity index (χ2n) is 3.46. The Kier molecular flexibility index (Phi) is 8.99. The summed E-state index contributed by atoms with van der Waals surface area (Å²) >= 11 is 0. The Bertz CT molecular complexity index is 259. The highest BCUT2D eigenvalue weighted by molar-refractivity contribution is 5.91. The fourth-order valence-corrected chi connectivity index (χ4v) is 0.730. The Balaban J connectivity index is 3.63. The van der Waals surface area contributed by atoms with Gasteiger partial charge in [0, 0.05) is 12.2 Å². The second-order valence-corrected chi connectivity index (χ2v) is 3.46. The molecule has 0 saturated heterocycles. The Morgan fingerprint density at radius 2 is 1.82 bits per heavy atom. The minimum absolute atomic E-state index is 0.239. The topological polar surface area (TPSA) is 71.1 Å². The van der Waals surface area contributed by atoms with Crippen molar-refractivity contribution in [3.63, 3.8) is 0 Å². The van der Waals surface area contributed by atoms with E-state index in [4.69, 9.17) is 4.74 Å². The van der Waals surface area contributed by atoms with Crippen molar-refractivity contribution >= 4 is 11.9 Å². The summed E-state index contributed by atoms with van der Waals surface area (Å²) in [6.45, 7) is 5.73. The average molecular weight is 246 g/mol. The van der Waals surface area contributed by atoms with Crippen LogP contribution in [0.3, 0.4) is 0 Å². The van der Waals surface area contributed by atoms with Gasteiger partial charge in [-0.05, 0) is 25.3 Å². The molecular formula is C11H18O6. The van der Waals surface area contributed by atoms with Gasteiger partial charge in [-0.3, -0.25) is 4.89 Å². The van der Waals surface area contributed by atoms with Crippen LogP contribution in [0, 0.1) is 0 Å². The van der Waals surface area contributed by atoms with E-state index in [2.05, 4.69) is 14.8 Å². The minimum atomic E-state index is -0.845. The van der Waals surface area contributed by atoms with Gasteiger partial charge in [-0.1, -0.05) is 13.3 Å². The lowest BCUT2D eigenvalue weighted by atomic mass is 10.4. The highest BCUT2D eigenvalue weighted by atomic mass is 17.5. The monoisotopic (exact) mass is 246 g/mol. The van der Waals surface area contributed by atoms with E-state index >= 15 is 0 Å². The summed E-state index contributed by atoms with van der Waals surface area (Å²) in [5, 5.41) is 4.16. The number of ether oxygens (including phenoxy) is 1. The highest BCUT2D eigenvalue weighted by Gasteiger charge is 2.03. The van der Waals surface area contributed by atoms with Gasteiger partial charge in [0.05, 0.1) is 12.7 Å². The van der Waals surface area contributed by atoms with Crippen LogP contribution in [0.25, 0.3) is 0 Å². The normalized spacial score (nSPS) is 10.8. The number of hydrogen-bond acceptors (Lipinski definition) is 6. The summed E-state index contributed by atoms with van der Waals surface area (Å²) in [4.78, 5) is 30.6. The van der Waals surface area contributed by atoms with Crippen LogP contribution in [-0.4, -0.2) is 24.6 Å². The molecule has 0 aliphatic carbocycles. The summed E-state index contributed by atoms with van der Waals surface area (Å²) in [5.74, 6) is -1.47. The van der Waals surface area contributed by atoms with E-state index in [1.807, 2.05) is 6.92 Å². The van der Waals surface area contributed by atoms with Crippen LogP contribution >= 0.6 is 0 Å². The molecule has 0 amide bonds. The van der Waals surface area contributed by atoms with Gasteiger partial charge in [0.1, 0.15) is 0 Å². The summed E-state index contributed by atoms with van der Waals surface area (Å²) in [5.41, 5.74) is 0. The maximum absolute atomic E-state index is 11.0. The maximum Gasteiger partial charge on any atom is 0.369 e. The zero-order valence-corrected chi connectivity index (χ0v) is 10.3. The number of hydrogen-bond donors (Lipinski definition) is 0. The Morgan fingerprint density at radius 1 is 1.18 bits per heavy atom. The predicted octanol–water partition coefficient (Wildman–Crippen LogP) is 1.70. The van der Waals surface area contributed by atoms with E-state index in [1.165, 1.54) is 0 Å². The van der Waals surface area contributed by atoms with Gasteiger partial charge >= 0.3 is 11.9 Å². The lowest BCUT2D eigenvalue weighted by molar-refractivity contribution is -0.484. The van der Waals surface area contributed by atoms with Crippen LogP contribution in [0.5, 0.6) is 0 Å². The van der Waals surface area contributed by atoms with Gasteiger partial charge in [-0.2, -0.15) is 4.89 Å². The summed E-state index contributed by atoms with van der Waals surface area (Å²) in [6.07, 6.45) is 3.36. The standard InChI is InChI=1S/C11H18O6/c1-4-5-8-14-17-16-11(13)7-6-10(12)15-9(2)3/h6-7,9H,4-5,8H2,1-3H3. The quantitative estimate of drug-likeness (QED) is 0.213. The van der Waals surface area contributed by atoms with Crippen molar-refractivity contribution in [2.24, 2.45) is 0 Å². The molecule has 0 heterocycles.